The van der Waals surface area contributed by atoms with Crippen molar-refractivity contribution >= 4 is 17.7 Å². The zero-order valence-electron chi connectivity index (χ0n) is 18.3. The third kappa shape index (κ3) is 5.87. The molecule has 2 atom stereocenters. The molecule has 2 heterocycles. The Morgan fingerprint density at radius 1 is 1.19 bits per heavy atom. The van der Waals surface area contributed by atoms with Crippen LogP contribution in [0.25, 0.3) is 0 Å². The van der Waals surface area contributed by atoms with Gasteiger partial charge in [0.15, 0.2) is 6.10 Å². The molecule has 2 aromatic rings. The molecule has 8 heteroatoms. The second-order valence-corrected chi connectivity index (χ2v) is 8.77. The van der Waals surface area contributed by atoms with E-state index in [1.54, 1.807) is 24.0 Å². The van der Waals surface area contributed by atoms with Crippen molar-refractivity contribution in [2.45, 2.75) is 52.2 Å². The van der Waals surface area contributed by atoms with Gasteiger partial charge in [-0.25, -0.2) is 0 Å². The number of hydrogen-bond donors (Lipinski definition) is 2. The number of carbonyl (C=O) groups is 3. The lowest BCUT2D eigenvalue weighted by Crippen LogP contribution is -2.49. The number of furan rings is 1. The van der Waals surface area contributed by atoms with Crippen molar-refractivity contribution in [1.29, 1.82) is 0 Å². The number of rotatable bonds is 6. The highest BCUT2D eigenvalue weighted by Crippen LogP contribution is 2.24. The Morgan fingerprint density at radius 3 is 2.52 bits per heavy atom. The summed E-state index contributed by atoms with van der Waals surface area (Å²) >= 11 is 0. The molecule has 8 nitrogen and oxygen atoms in total. The van der Waals surface area contributed by atoms with E-state index in [1.807, 2.05) is 24.3 Å². The van der Waals surface area contributed by atoms with Gasteiger partial charge in [0.2, 0.25) is 11.8 Å². The van der Waals surface area contributed by atoms with Gasteiger partial charge in [0.05, 0.1) is 18.7 Å². The molecule has 2 unspecified atom stereocenters. The topological polar surface area (TPSA) is 101 Å². The Morgan fingerprint density at radius 2 is 1.90 bits per heavy atom. The molecule has 31 heavy (non-hydrogen) atoms. The number of amides is 3. The van der Waals surface area contributed by atoms with Crippen LogP contribution >= 0.6 is 0 Å². The van der Waals surface area contributed by atoms with E-state index in [1.165, 1.54) is 6.26 Å². The fraction of sp³-hybridized carbons (Fsp3) is 0.435. The van der Waals surface area contributed by atoms with Gasteiger partial charge in [-0.3, -0.25) is 25.2 Å². The van der Waals surface area contributed by atoms with E-state index in [0.29, 0.717) is 18.1 Å². The summed E-state index contributed by atoms with van der Waals surface area (Å²) < 4.78 is 10.9. The minimum Gasteiger partial charge on any atom is -0.481 e. The van der Waals surface area contributed by atoms with Crippen LogP contribution in [0.2, 0.25) is 0 Å². The first-order valence-electron chi connectivity index (χ1n) is 10.3. The molecule has 0 aliphatic carbocycles. The van der Waals surface area contributed by atoms with Gasteiger partial charge in [-0.05, 0) is 42.2 Å². The van der Waals surface area contributed by atoms with Crippen molar-refractivity contribution in [1.82, 2.24) is 15.8 Å². The van der Waals surface area contributed by atoms with Crippen LogP contribution in [0.1, 0.15) is 45.4 Å². The van der Waals surface area contributed by atoms with Crippen molar-refractivity contribution < 1.29 is 23.5 Å². The highest BCUT2D eigenvalue weighted by Gasteiger charge is 2.35. The minimum absolute atomic E-state index is 0.0287. The summed E-state index contributed by atoms with van der Waals surface area (Å²) in [6.45, 7) is 8.55. The van der Waals surface area contributed by atoms with Crippen LogP contribution in [-0.2, 0) is 26.3 Å². The van der Waals surface area contributed by atoms with Crippen LogP contribution in [0.5, 0.6) is 5.75 Å². The largest absolute Gasteiger partial charge is 0.481 e. The maximum atomic E-state index is 12.4. The molecule has 0 spiro atoms. The first-order chi connectivity index (χ1) is 14.6. The van der Waals surface area contributed by atoms with Crippen molar-refractivity contribution in [2.24, 2.45) is 5.92 Å². The average Bonchev–Trinajstić information content (AvgIpc) is 3.36. The minimum atomic E-state index is -0.804. The van der Waals surface area contributed by atoms with Crippen LogP contribution in [0.15, 0.2) is 47.1 Å². The fourth-order valence-electron chi connectivity index (χ4n) is 3.31. The zero-order chi connectivity index (χ0) is 22.6. The number of nitrogens with zero attached hydrogens (tertiary/aromatic N) is 1. The highest BCUT2D eigenvalue weighted by molar-refractivity contribution is 5.90. The predicted molar refractivity (Wildman–Crippen MR) is 114 cm³/mol. The number of likely N-dealkylation sites (tertiary alicyclic amines) is 1. The molecule has 1 aromatic carbocycles. The second kappa shape index (κ2) is 9.24. The number of benzene rings is 1. The molecule has 3 rings (SSSR count). The Hall–Kier alpha value is -3.29. The van der Waals surface area contributed by atoms with E-state index in [-0.39, 0.29) is 24.3 Å². The maximum Gasteiger partial charge on any atom is 0.279 e. The zero-order valence-corrected chi connectivity index (χ0v) is 18.3. The smallest absolute Gasteiger partial charge is 0.279 e. The Labute approximate surface area is 181 Å². The summed E-state index contributed by atoms with van der Waals surface area (Å²) in [7, 11) is 0. The van der Waals surface area contributed by atoms with Crippen LogP contribution in [0.3, 0.4) is 0 Å². The normalized spacial score (nSPS) is 17.4. The van der Waals surface area contributed by atoms with Crippen molar-refractivity contribution in [2.75, 3.05) is 6.54 Å². The molecule has 1 aliphatic heterocycles. The lowest BCUT2D eigenvalue weighted by molar-refractivity contribution is -0.134. The molecule has 3 amide bonds. The Kier molecular flexibility index (Phi) is 6.68. The van der Waals surface area contributed by atoms with Gasteiger partial charge in [0.1, 0.15) is 11.5 Å². The van der Waals surface area contributed by atoms with Crippen LogP contribution in [0.4, 0.5) is 0 Å². The molecular weight excluding hydrogens is 398 g/mol. The number of hydrazine groups is 1. The Balaban J connectivity index is 1.45. The summed E-state index contributed by atoms with van der Waals surface area (Å²) in [6, 6.07) is 11.1. The van der Waals surface area contributed by atoms with Gasteiger partial charge >= 0.3 is 0 Å². The van der Waals surface area contributed by atoms with Crippen LogP contribution in [0, 0.1) is 5.92 Å². The lowest BCUT2D eigenvalue weighted by Gasteiger charge is -2.20. The average molecular weight is 428 g/mol. The van der Waals surface area contributed by atoms with Crippen molar-refractivity contribution in [3.63, 3.8) is 0 Å². The monoisotopic (exact) mass is 427 g/mol. The lowest BCUT2D eigenvalue weighted by atomic mass is 9.87. The van der Waals surface area contributed by atoms with Gasteiger partial charge in [0, 0.05) is 13.0 Å². The van der Waals surface area contributed by atoms with Gasteiger partial charge in [0.25, 0.3) is 5.91 Å². The number of ether oxygens (including phenoxy) is 1. The van der Waals surface area contributed by atoms with Crippen LogP contribution < -0.4 is 15.6 Å². The standard InChI is InChI=1S/C23H29N3O5/c1-15(31-18-9-7-17(8-10-18)23(2,3)4)21(28)24-25-22(29)16-12-20(27)26(13-16)14-19-6-5-11-30-19/h5-11,15-16H,12-14H2,1-4H3,(H,24,28)(H,25,29). The molecule has 1 aliphatic rings. The molecular formula is C23H29N3O5. The van der Waals surface area contributed by atoms with Gasteiger partial charge in [-0.15, -0.1) is 0 Å². The summed E-state index contributed by atoms with van der Waals surface area (Å²) in [5.74, 6) is -0.334. The third-order valence-corrected chi connectivity index (χ3v) is 5.22. The van der Waals surface area contributed by atoms with Gasteiger partial charge in [-0.2, -0.15) is 0 Å². The second-order valence-electron chi connectivity index (χ2n) is 8.77. The van der Waals surface area contributed by atoms with E-state index in [9.17, 15) is 14.4 Å². The molecule has 0 bridgehead atoms. The molecule has 2 N–H and O–H groups in total. The van der Waals surface area contributed by atoms with E-state index in [0.717, 1.165) is 5.56 Å². The first kappa shape index (κ1) is 22.4. The van der Waals surface area contributed by atoms with Gasteiger partial charge in [-0.1, -0.05) is 32.9 Å². The molecule has 1 saturated heterocycles. The first-order valence-corrected chi connectivity index (χ1v) is 10.3. The van der Waals surface area contributed by atoms with Crippen molar-refractivity contribution in [3.8, 4) is 5.75 Å². The summed E-state index contributed by atoms with van der Waals surface area (Å²) in [4.78, 5) is 38.4. The van der Waals surface area contributed by atoms with E-state index >= 15 is 0 Å². The molecule has 166 valence electrons. The predicted octanol–water partition coefficient (Wildman–Crippen LogP) is 2.54. The molecule has 1 aromatic heterocycles. The SMILES string of the molecule is CC(Oc1ccc(C(C)(C)C)cc1)C(=O)NNC(=O)C1CC(=O)N(Cc2ccco2)C1. The number of hydrogen-bond acceptors (Lipinski definition) is 5. The van der Waals surface area contributed by atoms with E-state index in [4.69, 9.17) is 9.15 Å². The molecule has 1 fully saturated rings. The molecule has 0 radical (unpaired) electrons. The summed E-state index contributed by atoms with van der Waals surface area (Å²) in [5.41, 5.74) is 5.97. The van der Waals surface area contributed by atoms with E-state index in [2.05, 4.69) is 31.6 Å². The highest BCUT2D eigenvalue weighted by atomic mass is 16.5. The number of carbonyl (C=O) groups excluding carboxylic acids is 3. The third-order valence-electron chi connectivity index (χ3n) is 5.22. The van der Waals surface area contributed by atoms with Crippen LogP contribution in [-0.4, -0.2) is 35.3 Å². The Bertz CT molecular complexity index is 916. The van der Waals surface area contributed by atoms with Gasteiger partial charge < -0.3 is 14.1 Å². The fourth-order valence-corrected chi connectivity index (χ4v) is 3.31. The van der Waals surface area contributed by atoms with Crippen molar-refractivity contribution in [3.05, 3.63) is 54.0 Å². The maximum absolute atomic E-state index is 12.4. The summed E-state index contributed by atoms with van der Waals surface area (Å²) in [6.07, 6.45) is 0.827. The molecule has 0 saturated carbocycles. The quantitative estimate of drug-likeness (QED) is 0.690. The number of nitrogens with one attached hydrogen (secondary N) is 2. The van der Waals surface area contributed by atoms with E-state index < -0.39 is 23.8 Å². The summed E-state index contributed by atoms with van der Waals surface area (Å²) in [5, 5.41) is 0.